The zero-order valence-electron chi connectivity index (χ0n) is 10.0. The highest BCUT2D eigenvalue weighted by molar-refractivity contribution is 9.10. The van der Waals surface area contributed by atoms with Gasteiger partial charge in [-0.3, -0.25) is 0 Å². The molecule has 0 saturated heterocycles. The summed E-state index contributed by atoms with van der Waals surface area (Å²) in [5.41, 5.74) is 1.50. The van der Waals surface area contributed by atoms with E-state index in [2.05, 4.69) is 29.8 Å². The van der Waals surface area contributed by atoms with Crippen molar-refractivity contribution >= 4 is 21.5 Å². The lowest BCUT2D eigenvalue weighted by Crippen LogP contribution is -2.24. The summed E-state index contributed by atoms with van der Waals surface area (Å²) in [4.78, 5) is 0. The van der Waals surface area contributed by atoms with Crippen LogP contribution >= 0.6 is 15.9 Å². The van der Waals surface area contributed by atoms with Crippen molar-refractivity contribution in [2.45, 2.75) is 32.8 Å². The van der Waals surface area contributed by atoms with Crippen LogP contribution in [0.3, 0.4) is 0 Å². The fraction of sp³-hybridized carbons (Fsp3) is 0.429. The Balaban J connectivity index is 2.43. The monoisotopic (exact) mass is 298 g/mol. The van der Waals surface area contributed by atoms with Crippen LogP contribution in [0.5, 0.6) is 0 Å². The molecule has 0 radical (unpaired) electrons. The second-order valence-corrected chi connectivity index (χ2v) is 6.26. The third-order valence-electron chi connectivity index (χ3n) is 3.12. The molecule has 0 heterocycles. The lowest BCUT2D eigenvalue weighted by Gasteiger charge is -2.32. The molecule has 1 N–H and O–H groups in total. The van der Waals surface area contributed by atoms with Crippen LogP contribution in [0.2, 0.25) is 0 Å². The maximum absolute atomic E-state index is 14.0. The van der Waals surface area contributed by atoms with Gasteiger partial charge in [-0.15, -0.1) is 0 Å². The molecule has 0 aliphatic heterocycles. The second kappa shape index (κ2) is 4.54. The fourth-order valence-corrected chi connectivity index (χ4v) is 2.81. The van der Waals surface area contributed by atoms with E-state index in [1.807, 2.05) is 6.07 Å². The van der Waals surface area contributed by atoms with Gasteiger partial charge in [0.2, 0.25) is 0 Å². The van der Waals surface area contributed by atoms with Crippen molar-refractivity contribution in [3.63, 3.8) is 0 Å². The first-order valence-electron chi connectivity index (χ1n) is 5.72. The van der Waals surface area contributed by atoms with Crippen molar-refractivity contribution in [3.05, 3.63) is 40.1 Å². The molecule has 1 unspecified atom stereocenters. The Hall–Kier alpha value is -0.670. The van der Waals surface area contributed by atoms with E-state index in [1.165, 1.54) is 0 Å². The van der Waals surface area contributed by atoms with Crippen LogP contribution in [0.15, 0.2) is 28.7 Å². The quantitative estimate of drug-likeness (QED) is 0.826. The minimum Gasteiger partial charge on any atom is -0.389 e. The van der Waals surface area contributed by atoms with Gasteiger partial charge in [0.1, 0.15) is 5.82 Å². The molecule has 17 heavy (non-hydrogen) atoms. The molecule has 1 aliphatic rings. The summed E-state index contributed by atoms with van der Waals surface area (Å²) < 4.78 is 14.5. The van der Waals surface area contributed by atoms with Crippen LogP contribution in [-0.2, 0) is 0 Å². The highest BCUT2D eigenvalue weighted by atomic mass is 79.9. The third kappa shape index (κ3) is 2.78. The SMILES string of the molecule is CC1(C)CC(c2cccc(Br)c2F)=CC(O)C1. The summed E-state index contributed by atoms with van der Waals surface area (Å²) >= 11 is 3.19. The number of rotatable bonds is 1. The predicted octanol–water partition coefficient (Wildman–Crippen LogP) is 4.15. The van der Waals surface area contributed by atoms with E-state index in [0.29, 0.717) is 10.0 Å². The first-order chi connectivity index (χ1) is 7.89. The predicted molar refractivity (Wildman–Crippen MR) is 71.1 cm³/mol. The molecule has 1 aromatic carbocycles. The number of allylic oxidation sites excluding steroid dienone is 1. The maximum Gasteiger partial charge on any atom is 0.144 e. The minimum absolute atomic E-state index is 0.0122. The largest absolute Gasteiger partial charge is 0.389 e. The standard InChI is InChI=1S/C14H16BrFO/c1-14(2)7-9(6-10(17)8-14)11-4-3-5-12(15)13(11)16/h3-6,10,17H,7-8H2,1-2H3. The summed E-state index contributed by atoms with van der Waals surface area (Å²) in [6.07, 6.45) is 2.81. The molecule has 92 valence electrons. The van der Waals surface area contributed by atoms with Gasteiger partial charge in [0.25, 0.3) is 0 Å². The molecule has 0 aromatic heterocycles. The van der Waals surface area contributed by atoms with Gasteiger partial charge >= 0.3 is 0 Å². The number of halogens is 2. The van der Waals surface area contributed by atoms with Crippen LogP contribution in [0.25, 0.3) is 5.57 Å². The average Bonchev–Trinajstić information content (AvgIpc) is 2.19. The van der Waals surface area contributed by atoms with Gasteiger partial charge < -0.3 is 5.11 Å². The van der Waals surface area contributed by atoms with E-state index in [-0.39, 0.29) is 11.2 Å². The molecule has 0 saturated carbocycles. The Kier molecular flexibility index (Phi) is 3.41. The van der Waals surface area contributed by atoms with Crippen molar-refractivity contribution in [2.24, 2.45) is 5.41 Å². The van der Waals surface area contributed by atoms with Gasteiger partial charge in [-0.2, -0.15) is 0 Å². The molecule has 1 aromatic rings. The van der Waals surface area contributed by atoms with Gasteiger partial charge in [-0.25, -0.2) is 4.39 Å². The van der Waals surface area contributed by atoms with Crippen molar-refractivity contribution < 1.29 is 9.50 Å². The smallest absolute Gasteiger partial charge is 0.144 e. The van der Waals surface area contributed by atoms with Crippen LogP contribution in [-0.4, -0.2) is 11.2 Å². The van der Waals surface area contributed by atoms with Crippen molar-refractivity contribution in [1.29, 1.82) is 0 Å². The summed E-state index contributed by atoms with van der Waals surface area (Å²) in [5, 5.41) is 9.83. The molecule has 0 bridgehead atoms. The number of hydrogen-bond acceptors (Lipinski definition) is 1. The van der Waals surface area contributed by atoms with Gasteiger partial charge in [0, 0.05) is 5.56 Å². The van der Waals surface area contributed by atoms with E-state index in [0.717, 1.165) is 18.4 Å². The molecular formula is C14H16BrFO. The molecule has 1 nitrogen and oxygen atoms in total. The van der Waals surface area contributed by atoms with E-state index in [9.17, 15) is 9.50 Å². The topological polar surface area (TPSA) is 20.2 Å². The van der Waals surface area contributed by atoms with Gasteiger partial charge in [-0.1, -0.05) is 32.1 Å². The maximum atomic E-state index is 14.0. The summed E-state index contributed by atoms with van der Waals surface area (Å²) in [6, 6.07) is 5.27. The van der Waals surface area contributed by atoms with E-state index >= 15 is 0 Å². The average molecular weight is 299 g/mol. The Labute approximate surface area is 109 Å². The number of hydrogen-bond donors (Lipinski definition) is 1. The van der Waals surface area contributed by atoms with E-state index < -0.39 is 6.10 Å². The van der Waals surface area contributed by atoms with Crippen LogP contribution < -0.4 is 0 Å². The first-order valence-corrected chi connectivity index (χ1v) is 6.51. The zero-order valence-corrected chi connectivity index (χ0v) is 11.6. The van der Waals surface area contributed by atoms with Crippen molar-refractivity contribution in [2.75, 3.05) is 0 Å². The van der Waals surface area contributed by atoms with Crippen LogP contribution in [0.1, 0.15) is 32.3 Å². The number of aliphatic hydroxyl groups is 1. The van der Waals surface area contributed by atoms with Crippen LogP contribution in [0.4, 0.5) is 4.39 Å². The summed E-state index contributed by atoms with van der Waals surface area (Å²) in [5.74, 6) is -0.247. The van der Waals surface area contributed by atoms with E-state index in [4.69, 9.17) is 0 Å². The number of benzene rings is 1. The number of aliphatic hydroxyl groups excluding tert-OH is 1. The highest BCUT2D eigenvalue weighted by Crippen LogP contribution is 2.40. The Morgan fingerprint density at radius 2 is 2.12 bits per heavy atom. The molecular weight excluding hydrogens is 283 g/mol. The zero-order chi connectivity index (χ0) is 12.6. The van der Waals surface area contributed by atoms with E-state index in [1.54, 1.807) is 18.2 Å². The lowest BCUT2D eigenvalue weighted by atomic mass is 9.74. The lowest BCUT2D eigenvalue weighted by molar-refractivity contribution is 0.146. The summed E-state index contributed by atoms with van der Waals surface area (Å²) in [6.45, 7) is 4.19. The van der Waals surface area contributed by atoms with Gasteiger partial charge in [-0.05, 0) is 45.8 Å². The molecule has 2 rings (SSSR count). The normalized spacial score (nSPS) is 23.4. The first kappa shape index (κ1) is 12.8. The Morgan fingerprint density at radius 3 is 2.76 bits per heavy atom. The minimum atomic E-state index is -0.480. The Bertz CT molecular complexity index is 465. The third-order valence-corrected chi connectivity index (χ3v) is 3.73. The summed E-state index contributed by atoms with van der Waals surface area (Å²) in [7, 11) is 0. The molecule has 0 amide bonds. The van der Waals surface area contributed by atoms with Crippen molar-refractivity contribution in [1.82, 2.24) is 0 Å². The second-order valence-electron chi connectivity index (χ2n) is 5.41. The molecule has 1 aliphatic carbocycles. The Morgan fingerprint density at radius 1 is 1.41 bits per heavy atom. The molecule has 0 fully saturated rings. The highest BCUT2D eigenvalue weighted by Gasteiger charge is 2.29. The molecule has 0 spiro atoms. The fourth-order valence-electron chi connectivity index (χ4n) is 2.44. The van der Waals surface area contributed by atoms with Crippen LogP contribution in [0, 0.1) is 11.2 Å². The van der Waals surface area contributed by atoms with Gasteiger partial charge in [0.05, 0.1) is 10.6 Å². The molecule has 3 heteroatoms. The van der Waals surface area contributed by atoms with Crippen molar-refractivity contribution in [3.8, 4) is 0 Å². The van der Waals surface area contributed by atoms with Gasteiger partial charge in [0.15, 0.2) is 0 Å². The molecule has 1 atom stereocenters.